The minimum atomic E-state index is 0.0404. The number of ether oxygens (including phenoxy) is 1. The van der Waals surface area contributed by atoms with Gasteiger partial charge in [0.1, 0.15) is 0 Å². The molecule has 0 fully saturated rings. The fourth-order valence-electron chi connectivity index (χ4n) is 1.98. The molecule has 2 aromatic carbocycles. The van der Waals surface area contributed by atoms with Crippen LogP contribution < -0.4 is 0 Å². The highest BCUT2D eigenvalue weighted by Gasteiger charge is 2.22. The van der Waals surface area contributed by atoms with Gasteiger partial charge in [0.05, 0.1) is 10.9 Å². The Labute approximate surface area is 117 Å². The zero-order chi connectivity index (χ0) is 12.8. The van der Waals surface area contributed by atoms with E-state index in [1.807, 2.05) is 31.2 Å². The largest absolute Gasteiger partial charge is 0.372 e. The summed E-state index contributed by atoms with van der Waals surface area (Å²) in [5, 5.41) is 0. The minimum absolute atomic E-state index is 0.0404. The Bertz CT molecular complexity index is 455. The first-order chi connectivity index (χ1) is 8.83. The standard InChI is InChI=1S/C16H17BrO/c1-2-18-16(14-11-7-4-8-12-14)15(17)13-9-5-3-6-10-13/h3-12,15-16H,2H2,1H3/t15-,16+/m0/s1. The summed E-state index contributed by atoms with van der Waals surface area (Å²) < 4.78 is 5.90. The van der Waals surface area contributed by atoms with E-state index in [9.17, 15) is 0 Å². The van der Waals surface area contributed by atoms with Crippen molar-refractivity contribution >= 4 is 15.9 Å². The van der Waals surface area contributed by atoms with E-state index in [0.29, 0.717) is 6.61 Å². The zero-order valence-corrected chi connectivity index (χ0v) is 12.0. The van der Waals surface area contributed by atoms with Crippen LogP contribution in [-0.4, -0.2) is 6.61 Å². The molecule has 0 radical (unpaired) electrons. The van der Waals surface area contributed by atoms with E-state index >= 15 is 0 Å². The predicted octanol–water partition coefficient (Wildman–Crippen LogP) is 4.90. The van der Waals surface area contributed by atoms with Gasteiger partial charge >= 0.3 is 0 Å². The lowest BCUT2D eigenvalue weighted by molar-refractivity contribution is 0.0619. The van der Waals surface area contributed by atoms with Crippen LogP contribution in [0.1, 0.15) is 29.0 Å². The van der Waals surface area contributed by atoms with E-state index in [4.69, 9.17) is 4.74 Å². The van der Waals surface area contributed by atoms with E-state index in [0.717, 1.165) is 0 Å². The summed E-state index contributed by atoms with van der Waals surface area (Å²) in [6.45, 7) is 2.73. The zero-order valence-electron chi connectivity index (χ0n) is 10.4. The molecule has 0 bridgehead atoms. The lowest BCUT2D eigenvalue weighted by Crippen LogP contribution is -2.10. The molecule has 0 N–H and O–H groups in total. The first kappa shape index (κ1) is 13.3. The van der Waals surface area contributed by atoms with Gasteiger partial charge in [-0.2, -0.15) is 0 Å². The summed E-state index contributed by atoms with van der Waals surface area (Å²) in [6, 6.07) is 20.7. The average molecular weight is 305 g/mol. The van der Waals surface area contributed by atoms with Crippen molar-refractivity contribution in [1.29, 1.82) is 0 Å². The van der Waals surface area contributed by atoms with Gasteiger partial charge in [-0.05, 0) is 18.1 Å². The molecule has 2 aromatic rings. The maximum atomic E-state index is 5.90. The molecule has 0 aromatic heterocycles. The van der Waals surface area contributed by atoms with E-state index in [-0.39, 0.29) is 10.9 Å². The normalized spacial score (nSPS) is 14.1. The molecule has 94 valence electrons. The summed E-state index contributed by atoms with van der Waals surface area (Å²) in [7, 11) is 0. The van der Waals surface area contributed by atoms with Crippen molar-refractivity contribution < 1.29 is 4.74 Å². The predicted molar refractivity (Wildman–Crippen MR) is 78.9 cm³/mol. The van der Waals surface area contributed by atoms with Crippen LogP contribution in [0.4, 0.5) is 0 Å². The summed E-state index contributed by atoms with van der Waals surface area (Å²) in [6.07, 6.45) is 0.0404. The molecule has 0 spiro atoms. The molecule has 0 heterocycles. The maximum absolute atomic E-state index is 5.90. The Morgan fingerprint density at radius 1 is 0.889 bits per heavy atom. The highest BCUT2D eigenvalue weighted by Crippen LogP contribution is 2.38. The van der Waals surface area contributed by atoms with Crippen molar-refractivity contribution in [3.05, 3.63) is 71.8 Å². The van der Waals surface area contributed by atoms with Crippen LogP contribution in [0.25, 0.3) is 0 Å². The fraction of sp³-hybridized carbons (Fsp3) is 0.250. The van der Waals surface area contributed by atoms with Gasteiger partial charge in [-0.15, -0.1) is 0 Å². The van der Waals surface area contributed by atoms with E-state index in [2.05, 4.69) is 52.3 Å². The summed E-state index contributed by atoms with van der Waals surface area (Å²) in [5.41, 5.74) is 2.44. The van der Waals surface area contributed by atoms with Gasteiger partial charge in [-0.3, -0.25) is 0 Å². The summed E-state index contributed by atoms with van der Waals surface area (Å²) >= 11 is 3.77. The highest BCUT2D eigenvalue weighted by atomic mass is 79.9. The topological polar surface area (TPSA) is 9.23 Å². The van der Waals surface area contributed by atoms with E-state index in [1.165, 1.54) is 11.1 Å². The van der Waals surface area contributed by atoms with Crippen LogP contribution in [-0.2, 0) is 4.74 Å². The van der Waals surface area contributed by atoms with Gasteiger partial charge < -0.3 is 4.74 Å². The van der Waals surface area contributed by atoms with Crippen LogP contribution in [0.3, 0.4) is 0 Å². The molecule has 18 heavy (non-hydrogen) atoms. The van der Waals surface area contributed by atoms with Crippen molar-refractivity contribution in [2.75, 3.05) is 6.61 Å². The van der Waals surface area contributed by atoms with Gasteiger partial charge in [-0.25, -0.2) is 0 Å². The van der Waals surface area contributed by atoms with Crippen LogP contribution >= 0.6 is 15.9 Å². The number of rotatable bonds is 5. The van der Waals surface area contributed by atoms with Gasteiger partial charge in [0.15, 0.2) is 0 Å². The Kier molecular flexibility index (Phi) is 4.97. The van der Waals surface area contributed by atoms with Gasteiger partial charge in [0.25, 0.3) is 0 Å². The molecular formula is C16H17BrO. The molecule has 0 amide bonds. The summed E-state index contributed by atoms with van der Waals surface area (Å²) in [4.78, 5) is 0.168. The molecule has 0 saturated heterocycles. The van der Waals surface area contributed by atoms with Gasteiger partial charge in [-0.1, -0.05) is 76.6 Å². The molecule has 0 unspecified atom stereocenters. The third-order valence-electron chi connectivity index (χ3n) is 2.86. The number of benzene rings is 2. The number of hydrogen-bond donors (Lipinski definition) is 0. The first-order valence-corrected chi connectivity index (χ1v) is 7.10. The van der Waals surface area contributed by atoms with Crippen LogP contribution in [0, 0.1) is 0 Å². The number of alkyl halides is 1. The third-order valence-corrected chi connectivity index (χ3v) is 3.87. The average Bonchev–Trinajstić information content (AvgIpc) is 2.46. The second kappa shape index (κ2) is 6.72. The fourth-order valence-corrected chi connectivity index (χ4v) is 2.75. The molecule has 2 rings (SSSR count). The lowest BCUT2D eigenvalue weighted by atomic mass is 10.0. The van der Waals surface area contributed by atoms with E-state index in [1.54, 1.807) is 0 Å². The maximum Gasteiger partial charge on any atom is 0.0990 e. The van der Waals surface area contributed by atoms with Crippen molar-refractivity contribution in [3.8, 4) is 0 Å². The van der Waals surface area contributed by atoms with Gasteiger partial charge in [0.2, 0.25) is 0 Å². The smallest absolute Gasteiger partial charge is 0.0990 e. The van der Waals surface area contributed by atoms with E-state index < -0.39 is 0 Å². The van der Waals surface area contributed by atoms with Crippen molar-refractivity contribution in [2.45, 2.75) is 17.9 Å². The summed E-state index contributed by atoms with van der Waals surface area (Å²) in [5.74, 6) is 0. The van der Waals surface area contributed by atoms with Crippen molar-refractivity contribution in [2.24, 2.45) is 0 Å². The number of hydrogen-bond acceptors (Lipinski definition) is 1. The Balaban J connectivity index is 2.26. The lowest BCUT2D eigenvalue weighted by Gasteiger charge is -2.23. The molecule has 0 aliphatic heterocycles. The molecule has 0 aliphatic carbocycles. The SMILES string of the molecule is CCO[C@H](c1ccccc1)[C@@H](Br)c1ccccc1. The molecule has 0 aliphatic rings. The van der Waals surface area contributed by atoms with Crippen molar-refractivity contribution in [3.63, 3.8) is 0 Å². The second-order valence-electron chi connectivity index (χ2n) is 4.10. The molecule has 1 nitrogen and oxygen atoms in total. The van der Waals surface area contributed by atoms with Crippen LogP contribution in [0.15, 0.2) is 60.7 Å². The van der Waals surface area contributed by atoms with Gasteiger partial charge in [0, 0.05) is 6.61 Å². The Morgan fingerprint density at radius 3 is 1.89 bits per heavy atom. The second-order valence-corrected chi connectivity index (χ2v) is 5.09. The monoisotopic (exact) mass is 304 g/mol. The van der Waals surface area contributed by atoms with Crippen LogP contribution in [0.2, 0.25) is 0 Å². The Morgan fingerprint density at radius 2 is 1.39 bits per heavy atom. The third kappa shape index (κ3) is 3.21. The minimum Gasteiger partial charge on any atom is -0.372 e. The Hall–Kier alpha value is -1.12. The number of halogens is 1. The molecule has 2 atom stereocenters. The molecular weight excluding hydrogens is 288 g/mol. The van der Waals surface area contributed by atoms with Crippen LogP contribution in [0.5, 0.6) is 0 Å². The quantitative estimate of drug-likeness (QED) is 0.714. The van der Waals surface area contributed by atoms with Crippen molar-refractivity contribution in [1.82, 2.24) is 0 Å². The first-order valence-electron chi connectivity index (χ1n) is 6.18. The molecule has 0 saturated carbocycles. The molecule has 2 heteroatoms. The highest BCUT2D eigenvalue weighted by molar-refractivity contribution is 9.09.